The van der Waals surface area contributed by atoms with Gasteiger partial charge in [-0.25, -0.2) is 0 Å². The summed E-state index contributed by atoms with van der Waals surface area (Å²) in [5, 5.41) is 21.3. The molecule has 4 fully saturated rings. The third kappa shape index (κ3) is 3.20. The molecule has 0 radical (unpaired) electrons. The maximum atomic E-state index is 11.5. The van der Waals surface area contributed by atoms with E-state index < -0.39 is 0 Å². The maximum absolute atomic E-state index is 11.5. The molecular formula is C25H42O3. The van der Waals surface area contributed by atoms with Gasteiger partial charge >= 0.3 is 0 Å². The molecule has 3 nitrogen and oxygen atoms in total. The zero-order chi connectivity index (χ0) is 20.3. The summed E-state index contributed by atoms with van der Waals surface area (Å²) in [6.45, 7) is 9.08. The molecular weight excluding hydrogens is 348 g/mol. The highest BCUT2D eigenvalue weighted by Crippen LogP contribution is 2.68. The van der Waals surface area contributed by atoms with Crippen LogP contribution in [0.15, 0.2) is 0 Å². The molecule has 0 bridgehead atoms. The average Bonchev–Trinajstić information content (AvgIpc) is 2.99. The summed E-state index contributed by atoms with van der Waals surface area (Å²) in [4.78, 5) is 11.5. The Morgan fingerprint density at radius 1 is 0.964 bits per heavy atom. The van der Waals surface area contributed by atoms with Crippen LogP contribution in [-0.2, 0) is 4.79 Å². The van der Waals surface area contributed by atoms with E-state index >= 15 is 0 Å². The zero-order valence-electron chi connectivity index (χ0n) is 18.5. The number of carbonyl (C=O) groups is 1. The number of rotatable bonds is 4. The fraction of sp³-hybridized carbons (Fsp3) is 0.960. The Hall–Kier alpha value is -0.410. The van der Waals surface area contributed by atoms with Gasteiger partial charge in [0, 0.05) is 6.42 Å². The Morgan fingerprint density at radius 3 is 2.36 bits per heavy atom. The van der Waals surface area contributed by atoms with E-state index in [0.717, 1.165) is 56.3 Å². The van der Waals surface area contributed by atoms with Gasteiger partial charge in [-0.2, -0.15) is 0 Å². The van der Waals surface area contributed by atoms with Crippen LogP contribution in [0, 0.1) is 46.3 Å². The molecule has 0 amide bonds. The van der Waals surface area contributed by atoms with Crippen LogP contribution < -0.4 is 0 Å². The number of hydrogen-bond donors (Lipinski definition) is 2. The van der Waals surface area contributed by atoms with E-state index in [1.54, 1.807) is 6.92 Å². The van der Waals surface area contributed by atoms with Crippen molar-refractivity contribution < 1.29 is 15.0 Å². The molecule has 4 rings (SSSR count). The van der Waals surface area contributed by atoms with E-state index in [2.05, 4.69) is 20.8 Å². The van der Waals surface area contributed by atoms with E-state index in [1.807, 2.05) is 0 Å². The van der Waals surface area contributed by atoms with Gasteiger partial charge in [0.15, 0.2) is 0 Å². The van der Waals surface area contributed by atoms with Crippen LogP contribution in [0.5, 0.6) is 0 Å². The van der Waals surface area contributed by atoms with Crippen LogP contribution in [0.2, 0.25) is 0 Å². The lowest BCUT2D eigenvalue weighted by Crippen LogP contribution is -2.58. The van der Waals surface area contributed by atoms with Gasteiger partial charge in [-0.05, 0) is 111 Å². The molecule has 3 heteroatoms. The van der Waals surface area contributed by atoms with Crippen molar-refractivity contribution in [2.24, 2.45) is 46.3 Å². The molecule has 28 heavy (non-hydrogen) atoms. The largest absolute Gasteiger partial charge is 0.393 e. The van der Waals surface area contributed by atoms with Gasteiger partial charge < -0.3 is 15.0 Å². The fourth-order valence-corrected chi connectivity index (χ4v) is 8.89. The van der Waals surface area contributed by atoms with Gasteiger partial charge in [0.2, 0.25) is 0 Å². The van der Waals surface area contributed by atoms with Crippen molar-refractivity contribution in [3.8, 4) is 0 Å². The summed E-state index contributed by atoms with van der Waals surface area (Å²) in [6.07, 6.45) is 10.3. The minimum absolute atomic E-state index is 0.210. The van der Waals surface area contributed by atoms with Crippen molar-refractivity contribution in [1.29, 1.82) is 0 Å². The molecule has 2 N–H and O–H groups in total. The lowest BCUT2D eigenvalue weighted by molar-refractivity contribution is -0.172. The number of Topliss-reactive ketones (excluding diaryl/α,β-unsaturated/α-hetero) is 1. The molecule has 0 aliphatic heterocycles. The van der Waals surface area contributed by atoms with Gasteiger partial charge in [0.25, 0.3) is 0 Å². The summed E-state index contributed by atoms with van der Waals surface area (Å²) >= 11 is 0. The molecule has 0 aromatic carbocycles. The lowest BCUT2D eigenvalue weighted by atomic mass is 9.44. The van der Waals surface area contributed by atoms with Crippen molar-refractivity contribution >= 4 is 5.78 Å². The third-order valence-electron chi connectivity index (χ3n) is 10.4. The van der Waals surface area contributed by atoms with Crippen LogP contribution in [0.25, 0.3) is 0 Å². The van der Waals surface area contributed by atoms with Crippen LogP contribution >= 0.6 is 0 Å². The number of ketones is 1. The van der Waals surface area contributed by atoms with Gasteiger partial charge in [-0.1, -0.05) is 20.8 Å². The van der Waals surface area contributed by atoms with Gasteiger partial charge in [0.05, 0.1) is 12.2 Å². The Labute approximate surface area is 171 Å². The minimum Gasteiger partial charge on any atom is -0.393 e. The highest BCUT2D eigenvalue weighted by molar-refractivity contribution is 5.75. The Balaban J connectivity index is 1.55. The zero-order valence-corrected chi connectivity index (χ0v) is 18.5. The van der Waals surface area contributed by atoms with Crippen LogP contribution in [0.3, 0.4) is 0 Å². The molecule has 10 unspecified atom stereocenters. The van der Waals surface area contributed by atoms with Crippen LogP contribution in [-0.4, -0.2) is 28.2 Å². The molecule has 0 heterocycles. The number of hydrogen-bond acceptors (Lipinski definition) is 3. The number of fused-ring (bicyclic) bond motifs is 5. The van der Waals surface area contributed by atoms with E-state index in [4.69, 9.17) is 0 Å². The van der Waals surface area contributed by atoms with E-state index in [-0.39, 0.29) is 23.5 Å². The van der Waals surface area contributed by atoms with Gasteiger partial charge in [-0.15, -0.1) is 0 Å². The molecule has 4 aliphatic carbocycles. The average molecular weight is 391 g/mol. The second-order valence-corrected chi connectivity index (χ2v) is 11.7. The first-order chi connectivity index (χ1) is 13.2. The maximum Gasteiger partial charge on any atom is 0.129 e. The van der Waals surface area contributed by atoms with Crippen molar-refractivity contribution in [3.63, 3.8) is 0 Å². The first-order valence-corrected chi connectivity index (χ1v) is 12.0. The van der Waals surface area contributed by atoms with Crippen molar-refractivity contribution in [3.05, 3.63) is 0 Å². The van der Waals surface area contributed by atoms with Crippen LogP contribution in [0.1, 0.15) is 91.9 Å². The van der Waals surface area contributed by atoms with Crippen molar-refractivity contribution in [1.82, 2.24) is 0 Å². The van der Waals surface area contributed by atoms with E-state index in [9.17, 15) is 15.0 Å². The third-order valence-corrected chi connectivity index (χ3v) is 10.4. The van der Waals surface area contributed by atoms with E-state index in [1.165, 1.54) is 25.7 Å². The second-order valence-electron chi connectivity index (χ2n) is 11.7. The number of aliphatic hydroxyl groups is 2. The van der Waals surface area contributed by atoms with Crippen molar-refractivity contribution in [2.75, 3.05) is 0 Å². The fourth-order valence-electron chi connectivity index (χ4n) is 8.89. The molecule has 0 aromatic heterocycles. The predicted molar refractivity (Wildman–Crippen MR) is 112 cm³/mol. The standard InChI is InChI=1S/C25H42O3/c1-15(5-6-16(2)26)19-7-8-20-18-14-23(28)22-13-17(27)9-11-25(22,4)21(18)10-12-24(19,20)3/h15,17-23,27-28H,5-14H2,1-4H3. The Morgan fingerprint density at radius 2 is 1.64 bits per heavy atom. The number of carbonyl (C=O) groups excluding carboxylic acids is 1. The Kier molecular flexibility index (Phi) is 5.49. The smallest absolute Gasteiger partial charge is 0.129 e. The summed E-state index contributed by atoms with van der Waals surface area (Å²) in [6, 6.07) is 0. The summed E-state index contributed by atoms with van der Waals surface area (Å²) < 4.78 is 0. The Bertz CT molecular complexity index is 603. The molecule has 0 saturated heterocycles. The first-order valence-electron chi connectivity index (χ1n) is 12.0. The van der Waals surface area contributed by atoms with E-state index in [0.29, 0.717) is 23.0 Å². The molecule has 10 atom stereocenters. The lowest BCUT2D eigenvalue weighted by Gasteiger charge is -2.62. The molecule has 0 aromatic rings. The quantitative estimate of drug-likeness (QED) is 0.711. The monoisotopic (exact) mass is 390 g/mol. The SMILES string of the molecule is CC(=O)CCC(C)C1CCC2C3CC(O)C4CC(O)CCC4(C)C3CCC12C. The second kappa shape index (κ2) is 7.38. The predicted octanol–water partition coefficient (Wildman–Crippen LogP) is 4.98. The van der Waals surface area contributed by atoms with Gasteiger partial charge in [0.1, 0.15) is 5.78 Å². The summed E-state index contributed by atoms with van der Waals surface area (Å²) in [7, 11) is 0. The van der Waals surface area contributed by atoms with Crippen LogP contribution in [0.4, 0.5) is 0 Å². The molecule has 4 saturated carbocycles. The summed E-state index contributed by atoms with van der Waals surface area (Å²) in [5.74, 6) is 4.06. The normalized spacial score (nSPS) is 51.7. The van der Waals surface area contributed by atoms with Gasteiger partial charge in [-0.3, -0.25) is 0 Å². The minimum atomic E-state index is -0.238. The molecule has 4 aliphatic rings. The highest BCUT2D eigenvalue weighted by atomic mass is 16.3. The first kappa shape index (κ1) is 20.8. The summed E-state index contributed by atoms with van der Waals surface area (Å²) in [5.41, 5.74) is 0.593. The highest BCUT2D eigenvalue weighted by Gasteiger charge is 2.62. The number of aliphatic hydroxyl groups excluding tert-OH is 2. The molecule has 0 spiro atoms. The van der Waals surface area contributed by atoms with Crippen molar-refractivity contribution in [2.45, 2.75) is 104 Å². The topological polar surface area (TPSA) is 57.5 Å². The molecule has 160 valence electrons.